The maximum absolute atomic E-state index is 12.4. The minimum atomic E-state index is -0.0902. The Balaban J connectivity index is 2.05. The molecule has 3 rings (SSSR count). The number of hydrogen-bond acceptors (Lipinski definition) is 4. The molecule has 0 radical (unpaired) electrons. The van der Waals surface area contributed by atoms with E-state index in [0.717, 1.165) is 5.69 Å². The molecule has 3 heterocycles. The lowest BCUT2D eigenvalue weighted by atomic mass is 10.3. The molecule has 0 N–H and O–H groups in total. The van der Waals surface area contributed by atoms with Crippen molar-refractivity contribution in [2.75, 3.05) is 0 Å². The van der Waals surface area contributed by atoms with E-state index in [4.69, 9.17) is 0 Å². The van der Waals surface area contributed by atoms with Crippen molar-refractivity contribution in [2.45, 2.75) is 26.4 Å². The molecule has 0 saturated heterocycles. The number of fused-ring (bicyclic) bond motifs is 1. The highest BCUT2D eigenvalue weighted by atomic mass is 16.1. The Morgan fingerprint density at radius 1 is 1.25 bits per heavy atom. The van der Waals surface area contributed by atoms with E-state index >= 15 is 0 Å². The predicted molar refractivity (Wildman–Crippen MR) is 75.5 cm³/mol. The van der Waals surface area contributed by atoms with Crippen LogP contribution in [-0.4, -0.2) is 24.3 Å². The van der Waals surface area contributed by atoms with E-state index in [2.05, 4.69) is 15.1 Å². The van der Waals surface area contributed by atoms with Crippen LogP contribution in [0.15, 0.2) is 41.7 Å². The van der Waals surface area contributed by atoms with Crippen LogP contribution in [0.1, 0.15) is 25.6 Å². The number of pyridine rings is 1. The molecule has 0 fully saturated rings. The van der Waals surface area contributed by atoms with Gasteiger partial charge in [-0.2, -0.15) is 5.10 Å². The van der Waals surface area contributed by atoms with E-state index in [1.54, 1.807) is 21.6 Å². The largest absolute Gasteiger partial charge is 0.292 e. The van der Waals surface area contributed by atoms with Crippen LogP contribution in [0.2, 0.25) is 0 Å². The normalized spacial score (nSPS) is 11.3. The molecular weight excluding hydrogens is 254 g/mol. The van der Waals surface area contributed by atoms with Crippen molar-refractivity contribution in [2.24, 2.45) is 0 Å². The fourth-order valence-corrected chi connectivity index (χ4v) is 2.00. The molecule has 3 aromatic heterocycles. The highest BCUT2D eigenvalue weighted by molar-refractivity contribution is 5.72. The second-order valence-corrected chi connectivity index (χ2v) is 4.94. The number of hydrogen-bond donors (Lipinski definition) is 0. The van der Waals surface area contributed by atoms with Gasteiger partial charge in [-0.05, 0) is 26.0 Å². The second kappa shape index (κ2) is 4.88. The molecule has 0 aliphatic heterocycles. The summed E-state index contributed by atoms with van der Waals surface area (Å²) in [6.07, 6.45) is 4.99. The van der Waals surface area contributed by atoms with Crippen LogP contribution in [0, 0.1) is 0 Å². The Bertz CT molecular complexity index is 788. The third-order valence-corrected chi connectivity index (χ3v) is 3.11. The van der Waals surface area contributed by atoms with Crippen molar-refractivity contribution in [3.63, 3.8) is 0 Å². The van der Waals surface area contributed by atoms with Gasteiger partial charge in [-0.25, -0.2) is 4.98 Å². The molecule has 0 atom stereocenters. The second-order valence-electron chi connectivity index (χ2n) is 4.94. The molecule has 0 amide bonds. The van der Waals surface area contributed by atoms with Gasteiger partial charge in [-0.1, -0.05) is 6.07 Å². The molecule has 20 heavy (non-hydrogen) atoms. The summed E-state index contributed by atoms with van der Waals surface area (Å²) >= 11 is 0. The van der Waals surface area contributed by atoms with Crippen molar-refractivity contribution < 1.29 is 0 Å². The summed E-state index contributed by atoms with van der Waals surface area (Å²) in [5.74, 6) is 0. The average molecular weight is 269 g/mol. The molecule has 0 aliphatic carbocycles. The minimum Gasteiger partial charge on any atom is -0.292 e. The van der Waals surface area contributed by atoms with E-state index in [1.807, 2.05) is 32.0 Å². The van der Waals surface area contributed by atoms with E-state index in [9.17, 15) is 4.79 Å². The summed E-state index contributed by atoms with van der Waals surface area (Å²) in [6.45, 7) is 4.44. The standard InChI is InChI=1S/C14H15N5O/c1-10(2)19-8-12-13(17-19)16-9-18(14(12)20)7-11-5-3-4-6-15-11/h3-6,8-10H,7H2,1-2H3. The molecule has 6 nitrogen and oxygen atoms in total. The molecule has 102 valence electrons. The smallest absolute Gasteiger partial charge is 0.264 e. The lowest BCUT2D eigenvalue weighted by Gasteiger charge is -2.03. The third-order valence-electron chi connectivity index (χ3n) is 3.11. The first-order chi connectivity index (χ1) is 9.65. The third kappa shape index (κ3) is 2.20. The molecule has 0 spiro atoms. The summed E-state index contributed by atoms with van der Waals surface area (Å²) in [4.78, 5) is 20.9. The topological polar surface area (TPSA) is 65.6 Å². The zero-order valence-corrected chi connectivity index (χ0v) is 11.4. The van der Waals surface area contributed by atoms with Crippen molar-refractivity contribution in [3.05, 3.63) is 53.0 Å². The Morgan fingerprint density at radius 2 is 2.10 bits per heavy atom. The highest BCUT2D eigenvalue weighted by Gasteiger charge is 2.10. The number of nitrogens with zero attached hydrogens (tertiary/aromatic N) is 5. The van der Waals surface area contributed by atoms with Gasteiger partial charge >= 0.3 is 0 Å². The van der Waals surface area contributed by atoms with Crippen molar-refractivity contribution >= 4 is 11.0 Å². The van der Waals surface area contributed by atoms with E-state index in [-0.39, 0.29) is 11.6 Å². The molecule has 0 bridgehead atoms. The lowest BCUT2D eigenvalue weighted by molar-refractivity contribution is 0.536. The molecule has 0 aromatic carbocycles. The summed E-state index contributed by atoms with van der Waals surface area (Å²) in [5, 5.41) is 4.84. The first kappa shape index (κ1) is 12.5. The molecule has 0 unspecified atom stereocenters. The van der Waals surface area contributed by atoms with E-state index in [0.29, 0.717) is 17.6 Å². The summed E-state index contributed by atoms with van der Waals surface area (Å²) in [6, 6.07) is 5.83. The highest BCUT2D eigenvalue weighted by Crippen LogP contribution is 2.09. The van der Waals surface area contributed by atoms with Gasteiger partial charge in [-0.15, -0.1) is 0 Å². The van der Waals surface area contributed by atoms with E-state index < -0.39 is 0 Å². The predicted octanol–water partition coefficient (Wildman–Crippen LogP) is 1.62. The Morgan fingerprint density at radius 3 is 2.80 bits per heavy atom. The van der Waals surface area contributed by atoms with Crippen LogP contribution >= 0.6 is 0 Å². The number of rotatable bonds is 3. The maximum Gasteiger partial charge on any atom is 0.264 e. The zero-order valence-electron chi connectivity index (χ0n) is 11.4. The zero-order chi connectivity index (χ0) is 14.1. The summed E-state index contributed by atoms with van der Waals surface area (Å²) in [7, 11) is 0. The Labute approximate surface area is 115 Å². The number of aromatic nitrogens is 5. The van der Waals surface area contributed by atoms with Gasteiger partial charge in [0.15, 0.2) is 5.65 Å². The molecule has 0 saturated carbocycles. The quantitative estimate of drug-likeness (QED) is 0.724. The SMILES string of the molecule is CC(C)n1cc2c(=O)n(Cc3ccccn3)cnc2n1. The monoisotopic (exact) mass is 269 g/mol. The van der Waals surface area contributed by atoms with Crippen molar-refractivity contribution in [1.82, 2.24) is 24.3 Å². The van der Waals surface area contributed by atoms with Crippen LogP contribution < -0.4 is 5.56 Å². The van der Waals surface area contributed by atoms with Crippen molar-refractivity contribution in [1.29, 1.82) is 0 Å². The van der Waals surface area contributed by atoms with Crippen LogP contribution in [0.5, 0.6) is 0 Å². The summed E-state index contributed by atoms with van der Waals surface area (Å²) < 4.78 is 3.31. The Kier molecular flexibility index (Phi) is 3.06. The first-order valence-corrected chi connectivity index (χ1v) is 6.49. The fourth-order valence-electron chi connectivity index (χ4n) is 2.00. The van der Waals surface area contributed by atoms with Crippen molar-refractivity contribution in [3.8, 4) is 0 Å². The molecule has 3 aromatic rings. The first-order valence-electron chi connectivity index (χ1n) is 6.49. The lowest BCUT2D eigenvalue weighted by Crippen LogP contribution is -2.21. The fraction of sp³-hybridized carbons (Fsp3) is 0.286. The van der Waals surface area contributed by atoms with Gasteiger partial charge in [0.1, 0.15) is 11.7 Å². The van der Waals surface area contributed by atoms with Gasteiger partial charge in [0.2, 0.25) is 0 Å². The minimum absolute atomic E-state index is 0.0902. The van der Waals surface area contributed by atoms with Gasteiger partial charge in [0.25, 0.3) is 5.56 Å². The average Bonchev–Trinajstić information content (AvgIpc) is 2.88. The molecule has 0 aliphatic rings. The van der Waals surface area contributed by atoms with E-state index in [1.165, 1.54) is 6.33 Å². The molecule has 6 heteroatoms. The maximum atomic E-state index is 12.4. The van der Waals surface area contributed by atoms with Crippen LogP contribution in [0.4, 0.5) is 0 Å². The van der Waals surface area contributed by atoms with Gasteiger partial charge in [-0.3, -0.25) is 19.0 Å². The van der Waals surface area contributed by atoms with Gasteiger partial charge in [0.05, 0.1) is 12.2 Å². The molecular formula is C14H15N5O. The van der Waals surface area contributed by atoms with Crippen LogP contribution in [-0.2, 0) is 6.54 Å². The van der Waals surface area contributed by atoms with Gasteiger partial charge in [0, 0.05) is 18.4 Å². The van der Waals surface area contributed by atoms with Crippen LogP contribution in [0.25, 0.3) is 11.0 Å². The Hall–Kier alpha value is -2.50. The van der Waals surface area contributed by atoms with Crippen LogP contribution in [0.3, 0.4) is 0 Å². The van der Waals surface area contributed by atoms with Gasteiger partial charge < -0.3 is 0 Å². The summed E-state index contributed by atoms with van der Waals surface area (Å²) in [5.41, 5.74) is 1.22.